The van der Waals surface area contributed by atoms with Crippen LogP contribution in [0.25, 0.3) is 0 Å². The molecule has 5 nitrogen and oxygen atoms in total. The van der Waals surface area contributed by atoms with Crippen LogP contribution >= 0.6 is 0 Å². The Morgan fingerprint density at radius 2 is 2.16 bits per heavy atom. The van der Waals surface area contributed by atoms with Gasteiger partial charge in [-0.2, -0.15) is 0 Å². The quantitative estimate of drug-likeness (QED) is 0.858. The number of hydrogen-bond donors (Lipinski definition) is 1. The number of amides is 1. The van der Waals surface area contributed by atoms with Crippen LogP contribution in [-0.2, 0) is 4.79 Å². The summed E-state index contributed by atoms with van der Waals surface area (Å²) in [6.07, 6.45) is -0.115. The molecule has 0 aliphatic carbocycles. The van der Waals surface area contributed by atoms with Crippen LogP contribution in [0.1, 0.15) is 6.92 Å². The summed E-state index contributed by atoms with van der Waals surface area (Å²) >= 11 is 0. The topological polar surface area (TPSA) is 50.8 Å². The molecular weight excluding hydrogens is 244 g/mol. The largest absolute Gasteiger partial charge is 0.486 e. The molecule has 0 saturated heterocycles. The number of carbonyl (C=O) groups excluding carboxylic acids is 1. The Labute approximate surface area is 113 Å². The molecule has 1 N–H and O–H groups in total. The number of carbonyl (C=O) groups is 1. The van der Waals surface area contributed by atoms with E-state index in [-0.39, 0.29) is 12.0 Å². The van der Waals surface area contributed by atoms with E-state index < -0.39 is 0 Å². The monoisotopic (exact) mass is 264 g/mol. The standard InChI is InChI=1S/C14H20N2O3/c1-3-16(14(17)8-15-2)9-11-10-18-12-6-4-5-7-13(12)19-11/h4-7,11,15H,3,8-10H2,1-2H3. The zero-order chi connectivity index (χ0) is 13.7. The fraction of sp³-hybridized carbons (Fsp3) is 0.500. The Morgan fingerprint density at radius 3 is 2.84 bits per heavy atom. The highest BCUT2D eigenvalue weighted by atomic mass is 16.6. The second kappa shape index (κ2) is 6.43. The zero-order valence-electron chi connectivity index (χ0n) is 11.4. The number of para-hydroxylation sites is 2. The van der Waals surface area contributed by atoms with Gasteiger partial charge in [0, 0.05) is 6.54 Å². The zero-order valence-corrected chi connectivity index (χ0v) is 11.4. The van der Waals surface area contributed by atoms with Gasteiger partial charge in [-0.1, -0.05) is 12.1 Å². The molecule has 5 heteroatoms. The molecule has 1 amide bonds. The number of rotatable bonds is 5. The molecule has 1 atom stereocenters. The molecule has 0 radical (unpaired) electrons. The van der Waals surface area contributed by atoms with Gasteiger partial charge in [-0.25, -0.2) is 0 Å². The molecule has 2 rings (SSSR count). The van der Waals surface area contributed by atoms with E-state index >= 15 is 0 Å². The highest BCUT2D eigenvalue weighted by Gasteiger charge is 2.24. The molecule has 1 aliphatic rings. The van der Waals surface area contributed by atoms with Crippen molar-refractivity contribution in [1.29, 1.82) is 0 Å². The van der Waals surface area contributed by atoms with Gasteiger partial charge in [0.2, 0.25) is 5.91 Å². The fourth-order valence-corrected chi connectivity index (χ4v) is 2.07. The van der Waals surface area contributed by atoms with Crippen molar-refractivity contribution in [2.75, 3.05) is 33.3 Å². The maximum absolute atomic E-state index is 11.9. The third kappa shape index (κ3) is 3.38. The summed E-state index contributed by atoms with van der Waals surface area (Å²) in [7, 11) is 1.77. The SMILES string of the molecule is CCN(CC1COc2ccccc2O1)C(=O)CNC. The predicted octanol–water partition coefficient (Wildman–Crippen LogP) is 0.894. The molecule has 0 fully saturated rings. The first-order valence-electron chi connectivity index (χ1n) is 6.55. The van der Waals surface area contributed by atoms with Gasteiger partial charge in [-0.3, -0.25) is 4.79 Å². The van der Waals surface area contributed by atoms with E-state index in [4.69, 9.17) is 9.47 Å². The average molecular weight is 264 g/mol. The van der Waals surface area contributed by atoms with E-state index in [0.717, 1.165) is 11.5 Å². The first-order chi connectivity index (χ1) is 9.24. The molecule has 1 aromatic rings. The van der Waals surface area contributed by atoms with Crippen LogP contribution in [0.15, 0.2) is 24.3 Å². The normalized spacial score (nSPS) is 17.1. The van der Waals surface area contributed by atoms with Crippen molar-refractivity contribution in [3.05, 3.63) is 24.3 Å². The lowest BCUT2D eigenvalue weighted by molar-refractivity contribution is -0.131. The number of nitrogens with zero attached hydrogens (tertiary/aromatic N) is 1. The molecule has 0 spiro atoms. The minimum atomic E-state index is -0.115. The smallest absolute Gasteiger partial charge is 0.236 e. The number of hydrogen-bond acceptors (Lipinski definition) is 4. The maximum Gasteiger partial charge on any atom is 0.236 e. The van der Waals surface area contributed by atoms with Crippen LogP contribution in [0, 0.1) is 0 Å². The van der Waals surface area contributed by atoms with Crippen molar-refractivity contribution in [2.24, 2.45) is 0 Å². The predicted molar refractivity (Wildman–Crippen MR) is 72.5 cm³/mol. The molecule has 1 aliphatic heterocycles. The Kier molecular flexibility index (Phi) is 4.63. The summed E-state index contributed by atoms with van der Waals surface area (Å²) in [4.78, 5) is 13.6. The molecule has 19 heavy (non-hydrogen) atoms. The summed E-state index contributed by atoms with van der Waals surface area (Å²) in [5, 5.41) is 2.87. The van der Waals surface area contributed by atoms with E-state index in [1.807, 2.05) is 31.2 Å². The summed E-state index contributed by atoms with van der Waals surface area (Å²) < 4.78 is 11.5. The van der Waals surface area contributed by atoms with Gasteiger partial charge < -0.3 is 19.7 Å². The van der Waals surface area contributed by atoms with Crippen molar-refractivity contribution >= 4 is 5.91 Å². The number of likely N-dealkylation sites (N-methyl/N-ethyl adjacent to an activating group) is 2. The fourth-order valence-electron chi connectivity index (χ4n) is 2.07. The van der Waals surface area contributed by atoms with Gasteiger partial charge in [-0.15, -0.1) is 0 Å². The summed E-state index contributed by atoms with van der Waals surface area (Å²) in [6, 6.07) is 7.59. The maximum atomic E-state index is 11.9. The van der Waals surface area contributed by atoms with Gasteiger partial charge >= 0.3 is 0 Å². The van der Waals surface area contributed by atoms with Crippen LogP contribution < -0.4 is 14.8 Å². The Morgan fingerprint density at radius 1 is 1.42 bits per heavy atom. The lowest BCUT2D eigenvalue weighted by Gasteiger charge is -2.30. The van der Waals surface area contributed by atoms with Gasteiger partial charge in [0.25, 0.3) is 0 Å². The van der Waals surface area contributed by atoms with Crippen molar-refractivity contribution in [1.82, 2.24) is 10.2 Å². The van der Waals surface area contributed by atoms with Crippen LogP contribution in [0.4, 0.5) is 0 Å². The van der Waals surface area contributed by atoms with Crippen molar-refractivity contribution < 1.29 is 14.3 Å². The Hall–Kier alpha value is -1.75. The minimum absolute atomic E-state index is 0.0764. The second-order valence-corrected chi connectivity index (χ2v) is 4.46. The van der Waals surface area contributed by atoms with E-state index in [1.165, 1.54) is 0 Å². The molecule has 0 aromatic heterocycles. The molecular formula is C14H20N2O3. The van der Waals surface area contributed by atoms with Gasteiger partial charge in [0.1, 0.15) is 6.61 Å². The second-order valence-electron chi connectivity index (χ2n) is 4.46. The van der Waals surface area contributed by atoms with E-state index in [2.05, 4.69) is 5.32 Å². The Bertz CT molecular complexity index is 436. The highest BCUT2D eigenvalue weighted by molar-refractivity contribution is 5.78. The molecule has 1 heterocycles. The lowest BCUT2D eigenvalue weighted by Crippen LogP contribution is -2.45. The lowest BCUT2D eigenvalue weighted by atomic mass is 10.2. The summed E-state index contributed by atoms with van der Waals surface area (Å²) in [6.45, 7) is 4.00. The molecule has 0 bridgehead atoms. The third-order valence-corrected chi connectivity index (χ3v) is 3.05. The van der Waals surface area contributed by atoms with Crippen molar-refractivity contribution in [3.63, 3.8) is 0 Å². The Balaban J connectivity index is 1.95. The molecule has 1 aromatic carbocycles. The minimum Gasteiger partial charge on any atom is -0.486 e. The highest BCUT2D eigenvalue weighted by Crippen LogP contribution is 2.30. The van der Waals surface area contributed by atoms with Crippen LogP contribution in [0.3, 0.4) is 0 Å². The van der Waals surface area contributed by atoms with Crippen molar-refractivity contribution in [2.45, 2.75) is 13.0 Å². The average Bonchev–Trinajstić information content (AvgIpc) is 2.44. The first kappa shape index (κ1) is 13.7. The van der Waals surface area contributed by atoms with Gasteiger partial charge in [0.15, 0.2) is 17.6 Å². The number of fused-ring (bicyclic) bond motifs is 1. The van der Waals surface area contributed by atoms with Gasteiger partial charge in [-0.05, 0) is 26.1 Å². The van der Waals surface area contributed by atoms with Crippen molar-refractivity contribution in [3.8, 4) is 11.5 Å². The van der Waals surface area contributed by atoms with Gasteiger partial charge in [0.05, 0.1) is 13.1 Å². The van der Waals surface area contributed by atoms with E-state index in [9.17, 15) is 4.79 Å². The summed E-state index contributed by atoms with van der Waals surface area (Å²) in [5.74, 6) is 1.59. The van der Waals surface area contributed by atoms with E-state index in [1.54, 1.807) is 11.9 Å². The van der Waals surface area contributed by atoms with Crippen LogP contribution in [-0.4, -0.2) is 50.2 Å². The third-order valence-electron chi connectivity index (χ3n) is 3.05. The number of ether oxygens (including phenoxy) is 2. The first-order valence-corrected chi connectivity index (χ1v) is 6.55. The number of nitrogens with one attached hydrogen (secondary N) is 1. The van der Waals surface area contributed by atoms with E-state index in [0.29, 0.717) is 26.2 Å². The number of benzene rings is 1. The van der Waals surface area contributed by atoms with Crippen LogP contribution in [0.2, 0.25) is 0 Å². The molecule has 1 unspecified atom stereocenters. The molecule has 104 valence electrons. The summed E-state index contributed by atoms with van der Waals surface area (Å²) in [5.41, 5.74) is 0. The molecule has 0 saturated carbocycles. The van der Waals surface area contributed by atoms with Crippen LogP contribution in [0.5, 0.6) is 11.5 Å².